The number of hydrogen-bond acceptors (Lipinski definition) is 4. The molecule has 2 rings (SSSR count). The average molecular weight is 226 g/mol. The van der Waals surface area contributed by atoms with Crippen molar-refractivity contribution in [2.75, 3.05) is 0 Å². The predicted molar refractivity (Wildman–Crippen MR) is 61.8 cm³/mol. The van der Waals surface area contributed by atoms with Crippen molar-refractivity contribution in [3.63, 3.8) is 0 Å². The summed E-state index contributed by atoms with van der Waals surface area (Å²) in [6, 6.07) is 0.296. The maximum Gasteiger partial charge on any atom is 0.255 e. The summed E-state index contributed by atoms with van der Waals surface area (Å²) in [5.74, 6) is 0.831. The van der Waals surface area contributed by atoms with Crippen LogP contribution in [-0.2, 0) is 0 Å². The summed E-state index contributed by atoms with van der Waals surface area (Å²) in [5.41, 5.74) is 6.12. The van der Waals surface area contributed by atoms with E-state index >= 15 is 0 Å². The van der Waals surface area contributed by atoms with E-state index < -0.39 is 0 Å². The van der Waals surface area contributed by atoms with Gasteiger partial charge in [-0.05, 0) is 25.2 Å². The Morgan fingerprint density at radius 3 is 3.13 bits per heavy atom. The SMILES string of the molecule is CCC1CCC(N)C(Sc2ncco2)C1. The van der Waals surface area contributed by atoms with Crippen LogP contribution in [0.1, 0.15) is 32.6 Å². The molecule has 0 aliphatic heterocycles. The first-order chi connectivity index (χ1) is 7.29. The monoisotopic (exact) mass is 226 g/mol. The van der Waals surface area contributed by atoms with Gasteiger partial charge in [0.2, 0.25) is 0 Å². The summed E-state index contributed by atoms with van der Waals surface area (Å²) in [6.45, 7) is 2.26. The molecule has 0 spiro atoms. The number of oxazole rings is 1. The van der Waals surface area contributed by atoms with E-state index in [1.807, 2.05) is 0 Å². The third-order valence-electron chi connectivity index (χ3n) is 3.19. The standard InChI is InChI=1S/C11H18N2OS/c1-2-8-3-4-9(12)10(7-8)15-11-13-5-6-14-11/h5-6,8-10H,2-4,7,12H2,1H3. The molecule has 3 atom stereocenters. The molecule has 0 bridgehead atoms. The van der Waals surface area contributed by atoms with Crippen LogP contribution < -0.4 is 5.73 Å². The van der Waals surface area contributed by atoms with Gasteiger partial charge in [0.05, 0.1) is 6.20 Å². The Kier molecular flexibility index (Phi) is 3.70. The van der Waals surface area contributed by atoms with Gasteiger partial charge in [-0.1, -0.05) is 25.1 Å². The number of nitrogens with zero attached hydrogens (tertiary/aromatic N) is 1. The molecule has 0 aromatic carbocycles. The molecule has 0 saturated heterocycles. The summed E-state index contributed by atoms with van der Waals surface area (Å²) in [4.78, 5) is 4.14. The maximum absolute atomic E-state index is 6.12. The fourth-order valence-corrected chi connectivity index (χ4v) is 3.31. The van der Waals surface area contributed by atoms with Gasteiger partial charge in [0.25, 0.3) is 5.22 Å². The Bertz CT molecular complexity index is 289. The van der Waals surface area contributed by atoms with E-state index in [1.165, 1.54) is 19.3 Å². The van der Waals surface area contributed by atoms with Gasteiger partial charge >= 0.3 is 0 Å². The molecule has 15 heavy (non-hydrogen) atoms. The third-order valence-corrected chi connectivity index (χ3v) is 4.44. The Hall–Kier alpha value is -0.480. The summed E-state index contributed by atoms with van der Waals surface area (Å²) in [6.07, 6.45) is 8.18. The van der Waals surface area contributed by atoms with E-state index in [-0.39, 0.29) is 0 Å². The van der Waals surface area contributed by atoms with Crippen LogP contribution >= 0.6 is 11.8 Å². The van der Waals surface area contributed by atoms with Crippen molar-refractivity contribution in [3.8, 4) is 0 Å². The Labute approximate surface area is 94.8 Å². The van der Waals surface area contributed by atoms with Crippen LogP contribution in [0.25, 0.3) is 0 Å². The molecule has 2 N–H and O–H groups in total. The van der Waals surface area contributed by atoms with Crippen molar-refractivity contribution in [1.82, 2.24) is 4.98 Å². The van der Waals surface area contributed by atoms with Gasteiger partial charge < -0.3 is 10.2 Å². The second-order valence-corrected chi connectivity index (χ2v) is 5.40. The van der Waals surface area contributed by atoms with Crippen LogP contribution in [0.3, 0.4) is 0 Å². The van der Waals surface area contributed by atoms with Crippen LogP contribution in [0.4, 0.5) is 0 Å². The summed E-state index contributed by atoms with van der Waals surface area (Å²) < 4.78 is 5.25. The highest BCUT2D eigenvalue weighted by Gasteiger charge is 2.29. The number of hydrogen-bond donors (Lipinski definition) is 1. The smallest absolute Gasteiger partial charge is 0.255 e. The lowest BCUT2D eigenvalue weighted by Gasteiger charge is -2.32. The van der Waals surface area contributed by atoms with Crippen LogP contribution in [-0.4, -0.2) is 16.3 Å². The number of nitrogens with two attached hydrogens (primary N) is 1. The highest BCUT2D eigenvalue weighted by Crippen LogP contribution is 2.36. The molecule has 1 aliphatic rings. The van der Waals surface area contributed by atoms with Gasteiger partial charge in [0.15, 0.2) is 0 Å². The first-order valence-electron chi connectivity index (χ1n) is 5.61. The normalized spacial score (nSPS) is 31.7. The zero-order valence-corrected chi connectivity index (χ0v) is 9.87. The minimum Gasteiger partial charge on any atom is -0.440 e. The molecule has 0 radical (unpaired) electrons. The highest BCUT2D eigenvalue weighted by atomic mass is 32.2. The van der Waals surface area contributed by atoms with Crippen molar-refractivity contribution < 1.29 is 4.42 Å². The lowest BCUT2D eigenvalue weighted by Crippen LogP contribution is -2.38. The second-order valence-electron chi connectivity index (χ2n) is 4.21. The Balaban J connectivity index is 1.94. The van der Waals surface area contributed by atoms with Crippen molar-refractivity contribution >= 4 is 11.8 Å². The summed E-state index contributed by atoms with van der Waals surface area (Å²) >= 11 is 1.70. The van der Waals surface area contributed by atoms with E-state index in [4.69, 9.17) is 10.2 Å². The minimum absolute atomic E-state index is 0.296. The fourth-order valence-electron chi connectivity index (χ4n) is 2.14. The van der Waals surface area contributed by atoms with E-state index in [0.717, 1.165) is 17.6 Å². The topological polar surface area (TPSA) is 52.0 Å². The molecule has 3 nitrogen and oxygen atoms in total. The number of rotatable bonds is 3. The van der Waals surface area contributed by atoms with Gasteiger partial charge in [-0.15, -0.1) is 0 Å². The molecule has 4 heteroatoms. The van der Waals surface area contributed by atoms with Gasteiger partial charge in [-0.2, -0.15) is 0 Å². The number of aromatic nitrogens is 1. The van der Waals surface area contributed by atoms with Crippen LogP contribution in [0.15, 0.2) is 22.1 Å². The average Bonchev–Trinajstić information content (AvgIpc) is 2.74. The van der Waals surface area contributed by atoms with E-state index in [0.29, 0.717) is 11.3 Å². The first-order valence-corrected chi connectivity index (χ1v) is 6.49. The lowest BCUT2D eigenvalue weighted by atomic mass is 9.84. The quantitative estimate of drug-likeness (QED) is 0.861. The Morgan fingerprint density at radius 2 is 2.47 bits per heavy atom. The minimum atomic E-state index is 0.296. The second kappa shape index (κ2) is 5.03. The van der Waals surface area contributed by atoms with Gasteiger partial charge in [-0.3, -0.25) is 0 Å². The molecule has 1 fully saturated rings. The molecule has 84 valence electrons. The van der Waals surface area contributed by atoms with E-state index in [9.17, 15) is 0 Å². The maximum atomic E-state index is 6.12. The predicted octanol–water partition coefficient (Wildman–Crippen LogP) is 2.67. The molecule has 1 aliphatic carbocycles. The van der Waals surface area contributed by atoms with Crippen LogP contribution in [0.2, 0.25) is 0 Å². The van der Waals surface area contributed by atoms with Crippen molar-refractivity contribution in [2.45, 2.75) is 49.1 Å². The molecule has 0 amide bonds. The van der Waals surface area contributed by atoms with Crippen molar-refractivity contribution in [3.05, 3.63) is 12.5 Å². The van der Waals surface area contributed by atoms with E-state index in [1.54, 1.807) is 24.2 Å². The van der Waals surface area contributed by atoms with E-state index in [2.05, 4.69) is 11.9 Å². The largest absolute Gasteiger partial charge is 0.440 e. The molecular weight excluding hydrogens is 208 g/mol. The zero-order valence-electron chi connectivity index (χ0n) is 9.06. The molecule has 1 saturated carbocycles. The molecule has 1 aromatic heterocycles. The van der Waals surface area contributed by atoms with Gasteiger partial charge in [0, 0.05) is 11.3 Å². The molecule has 1 aromatic rings. The van der Waals surface area contributed by atoms with Crippen molar-refractivity contribution in [2.24, 2.45) is 11.7 Å². The van der Waals surface area contributed by atoms with Gasteiger partial charge in [-0.25, -0.2) is 4.98 Å². The molecule has 3 unspecified atom stereocenters. The number of thioether (sulfide) groups is 1. The van der Waals surface area contributed by atoms with Gasteiger partial charge in [0.1, 0.15) is 6.26 Å². The third kappa shape index (κ3) is 2.75. The van der Waals surface area contributed by atoms with Crippen LogP contribution in [0, 0.1) is 5.92 Å². The van der Waals surface area contributed by atoms with Crippen LogP contribution in [0.5, 0.6) is 0 Å². The fraction of sp³-hybridized carbons (Fsp3) is 0.727. The zero-order chi connectivity index (χ0) is 10.7. The first kappa shape index (κ1) is 11.0. The highest BCUT2D eigenvalue weighted by molar-refractivity contribution is 7.99. The van der Waals surface area contributed by atoms with Crippen molar-refractivity contribution in [1.29, 1.82) is 0 Å². The summed E-state index contributed by atoms with van der Waals surface area (Å²) in [5, 5.41) is 1.23. The lowest BCUT2D eigenvalue weighted by molar-refractivity contribution is 0.325. The Morgan fingerprint density at radius 1 is 1.60 bits per heavy atom. The summed E-state index contributed by atoms with van der Waals surface area (Å²) in [7, 11) is 0. The molecular formula is C11H18N2OS. The molecule has 1 heterocycles.